The first-order valence-electron chi connectivity index (χ1n) is 9.36. The Morgan fingerprint density at radius 2 is 1.78 bits per heavy atom. The van der Waals surface area contributed by atoms with Crippen molar-refractivity contribution in [3.63, 3.8) is 0 Å². The average molecular weight is 373 g/mol. The van der Waals surface area contributed by atoms with Gasteiger partial charge in [-0.3, -0.25) is 0 Å². The molecule has 3 rings (SSSR count). The van der Waals surface area contributed by atoms with Gasteiger partial charge in [0.1, 0.15) is 5.60 Å². The summed E-state index contributed by atoms with van der Waals surface area (Å²) in [5.74, 6) is 1.02. The first kappa shape index (κ1) is 19.2. The molecule has 1 unspecified atom stereocenters. The molecule has 1 aromatic carbocycles. The molecule has 1 aromatic heterocycles. The fraction of sp³-hybridized carbons (Fsp3) is 0.550. The van der Waals surface area contributed by atoms with E-state index in [-0.39, 0.29) is 12.0 Å². The summed E-state index contributed by atoms with van der Waals surface area (Å²) in [4.78, 5) is 23.0. The van der Waals surface area contributed by atoms with Gasteiger partial charge in [0.25, 0.3) is 11.8 Å². The number of fused-ring (bicyclic) bond motifs is 1. The third-order valence-electron chi connectivity index (χ3n) is 4.18. The second-order valence-corrected chi connectivity index (χ2v) is 7.65. The van der Waals surface area contributed by atoms with Crippen LogP contribution in [0.25, 0.3) is 11.0 Å². The molecule has 1 amide bonds. The zero-order chi connectivity index (χ0) is 19.4. The predicted octanol–water partition coefficient (Wildman–Crippen LogP) is 3.66. The molecule has 1 saturated heterocycles. The van der Waals surface area contributed by atoms with Crippen LogP contribution >= 0.6 is 0 Å². The van der Waals surface area contributed by atoms with Crippen LogP contribution in [0.15, 0.2) is 24.3 Å². The normalized spacial score (nSPS) is 17.2. The number of para-hydroxylation sites is 2. The SMILES string of the molecule is CCOc1nc2ccccc2nc1OCC1CCN(C(=O)OC(C)(C)C)C1. The summed E-state index contributed by atoms with van der Waals surface area (Å²) in [5.41, 5.74) is 1.04. The maximum atomic E-state index is 12.2. The largest absolute Gasteiger partial charge is 0.474 e. The highest BCUT2D eigenvalue weighted by Crippen LogP contribution is 2.27. The van der Waals surface area contributed by atoms with Crippen LogP contribution in [0, 0.1) is 5.92 Å². The molecule has 0 radical (unpaired) electrons. The molecule has 1 aliphatic rings. The Bertz CT molecular complexity index is 803. The molecule has 1 aliphatic heterocycles. The van der Waals surface area contributed by atoms with Crippen LogP contribution in [0.3, 0.4) is 0 Å². The lowest BCUT2D eigenvalue weighted by Gasteiger charge is -2.24. The topological polar surface area (TPSA) is 73.8 Å². The van der Waals surface area contributed by atoms with Gasteiger partial charge in [0, 0.05) is 19.0 Å². The average Bonchev–Trinajstić information content (AvgIpc) is 3.08. The molecule has 7 nitrogen and oxygen atoms in total. The van der Waals surface area contributed by atoms with E-state index in [0.29, 0.717) is 38.1 Å². The van der Waals surface area contributed by atoms with Crippen molar-refractivity contribution >= 4 is 17.1 Å². The molecule has 27 heavy (non-hydrogen) atoms. The summed E-state index contributed by atoms with van der Waals surface area (Å²) < 4.78 is 17.0. The van der Waals surface area contributed by atoms with E-state index in [0.717, 1.165) is 17.5 Å². The third-order valence-corrected chi connectivity index (χ3v) is 4.18. The highest BCUT2D eigenvalue weighted by atomic mass is 16.6. The number of aromatic nitrogens is 2. The Morgan fingerprint density at radius 1 is 1.15 bits per heavy atom. The van der Waals surface area contributed by atoms with Gasteiger partial charge in [0.2, 0.25) is 0 Å². The lowest BCUT2D eigenvalue weighted by Crippen LogP contribution is -2.35. The van der Waals surface area contributed by atoms with E-state index >= 15 is 0 Å². The van der Waals surface area contributed by atoms with E-state index in [1.807, 2.05) is 52.0 Å². The van der Waals surface area contributed by atoms with Crippen molar-refractivity contribution in [2.45, 2.75) is 39.7 Å². The minimum Gasteiger partial charge on any atom is -0.474 e. The standard InChI is InChI=1S/C20H27N3O4/c1-5-25-17-18(22-16-9-7-6-8-15(16)21-17)26-13-14-10-11-23(12-14)19(24)27-20(2,3)4/h6-9,14H,5,10-13H2,1-4H3. The molecule has 0 N–H and O–H groups in total. The number of benzene rings is 1. The van der Waals surface area contributed by atoms with E-state index in [1.165, 1.54) is 0 Å². The minimum absolute atomic E-state index is 0.222. The van der Waals surface area contributed by atoms with Gasteiger partial charge in [-0.2, -0.15) is 0 Å². The van der Waals surface area contributed by atoms with Crippen LogP contribution in [0.1, 0.15) is 34.1 Å². The fourth-order valence-corrected chi connectivity index (χ4v) is 2.95. The number of likely N-dealkylation sites (tertiary alicyclic amines) is 1. The lowest BCUT2D eigenvalue weighted by molar-refractivity contribution is 0.0284. The number of rotatable bonds is 5. The molecule has 2 aromatic rings. The molecule has 1 fully saturated rings. The summed E-state index contributed by atoms with van der Waals surface area (Å²) in [6.45, 7) is 9.73. The van der Waals surface area contributed by atoms with Crippen LogP contribution in [0.4, 0.5) is 4.79 Å². The molecule has 146 valence electrons. The number of carbonyl (C=O) groups is 1. The Kier molecular flexibility index (Phi) is 5.68. The van der Waals surface area contributed by atoms with Gasteiger partial charge in [-0.05, 0) is 46.2 Å². The molecular weight excluding hydrogens is 346 g/mol. The number of carbonyl (C=O) groups excluding carboxylic acids is 1. The number of ether oxygens (including phenoxy) is 3. The van der Waals surface area contributed by atoms with Crippen LogP contribution in [0.5, 0.6) is 11.8 Å². The van der Waals surface area contributed by atoms with Crippen molar-refractivity contribution in [1.82, 2.24) is 14.9 Å². The van der Waals surface area contributed by atoms with Crippen molar-refractivity contribution in [1.29, 1.82) is 0 Å². The van der Waals surface area contributed by atoms with Crippen molar-refractivity contribution in [3.05, 3.63) is 24.3 Å². The second kappa shape index (κ2) is 7.98. The second-order valence-electron chi connectivity index (χ2n) is 7.65. The number of nitrogens with zero attached hydrogens (tertiary/aromatic N) is 3. The minimum atomic E-state index is -0.487. The van der Waals surface area contributed by atoms with Gasteiger partial charge in [-0.15, -0.1) is 0 Å². The quantitative estimate of drug-likeness (QED) is 0.796. The monoisotopic (exact) mass is 373 g/mol. The predicted molar refractivity (Wildman–Crippen MR) is 102 cm³/mol. The van der Waals surface area contributed by atoms with E-state index in [9.17, 15) is 4.79 Å². The highest BCUT2D eigenvalue weighted by Gasteiger charge is 2.30. The zero-order valence-corrected chi connectivity index (χ0v) is 16.4. The number of amides is 1. The fourth-order valence-electron chi connectivity index (χ4n) is 2.95. The summed E-state index contributed by atoms with van der Waals surface area (Å²) in [6, 6.07) is 7.61. The van der Waals surface area contributed by atoms with Crippen molar-refractivity contribution < 1.29 is 19.0 Å². The summed E-state index contributed by atoms with van der Waals surface area (Å²) in [6.07, 6.45) is 0.593. The van der Waals surface area contributed by atoms with Gasteiger partial charge in [0.15, 0.2) is 0 Å². The Balaban J connectivity index is 1.63. The number of hydrogen-bond acceptors (Lipinski definition) is 6. The van der Waals surface area contributed by atoms with Crippen LogP contribution in [0.2, 0.25) is 0 Å². The van der Waals surface area contributed by atoms with Crippen LogP contribution in [-0.2, 0) is 4.74 Å². The van der Waals surface area contributed by atoms with E-state index < -0.39 is 5.60 Å². The van der Waals surface area contributed by atoms with Crippen LogP contribution < -0.4 is 9.47 Å². The maximum Gasteiger partial charge on any atom is 0.410 e. The first-order valence-corrected chi connectivity index (χ1v) is 9.36. The Labute approximate surface area is 159 Å². The van der Waals surface area contributed by atoms with Crippen molar-refractivity contribution in [3.8, 4) is 11.8 Å². The zero-order valence-electron chi connectivity index (χ0n) is 16.4. The molecule has 0 spiro atoms. The molecule has 2 heterocycles. The van der Waals surface area contributed by atoms with E-state index in [1.54, 1.807) is 4.90 Å². The Hall–Kier alpha value is -2.57. The van der Waals surface area contributed by atoms with Crippen molar-refractivity contribution in [2.24, 2.45) is 5.92 Å². The van der Waals surface area contributed by atoms with Gasteiger partial charge >= 0.3 is 6.09 Å². The third kappa shape index (κ3) is 4.99. The maximum absolute atomic E-state index is 12.2. The number of hydrogen-bond donors (Lipinski definition) is 0. The lowest BCUT2D eigenvalue weighted by atomic mass is 10.1. The molecule has 0 saturated carbocycles. The van der Waals surface area contributed by atoms with Gasteiger partial charge in [-0.1, -0.05) is 12.1 Å². The summed E-state index contributed by atoms with van der Waals surface area (Å²) in [5, 5.41) is 0. The summed E-state index contributed by atoms with van der Waals surface area (Å²) in [7, 11) is 0. The van der Waals surface area contributed by atoms with Gasteiger partial charge in [-0.25, -0.2) is 14.8 Å². The molecule has 1 atom stereocenters. The molecule has 0 bridgehead atoms. The van der Waals surface area contributed by atoms with E-state index in [4.69, 9.17) is 14.2 Å². The molecular formula is C20H27N3O4. The Morgan fingerprint density at radius 3 is 2.37 bits per heavy atom. The van der Waals surface area contributed by atoms with Gasteiger partial charge < -0.3 is 19.1 Å². The summed E-state index contributed by atoms with van der Waals surface area (Å²) >= 11 is 0. The molecule has 7 heteroatoms. The van der Waals surface area contributed by atoms with E-state index in [2.05, 4.69) is 9.97 Å². The highest BCUT2D eigenvalue weighted by molar-refractivity contribution is 5.75. The van der Waals surface area contributed by atoms with Crippen molar-refractivity contribution in [2.75, 3.05) is 26.3 Å². The molecule has 0 aliphatic carbocycles. The van der Waals surface area contributed by atoms with Crippen LogP contribution in [-0.4, -0.2) is 52.9 Å². The smallest absolute Gasteiger partial charge is 0.410 e. The van der Waals surface area contributed by atoms with Gasteiger partial charge in [0.05, 0.1) is 24.2 Å². The first-order chi connectivity index (χ1) is 12.9.